The van der Waals surface area contributed by atoms with Crippen LogP contribution in [0, 0.1) is 12.8 Å². The Labute approximate surface area is 111 Å². The van der Waals surface area contributed by atoms with Crippen LogP contribution in [0.15, 0.2) is 10.5 Å². The summed E-state index contributed by atoms with van der Waals surface area (Å²) in [4.78, 5) is 2.51. The maximum absolute atomic E-state index is 5.86. The Morgan fingerprint density at radius 1 is 1.39 bits per heavy atom. The minimum Gasteiger partial charge on any atom is -0.465 e. The van der Waals surface area contributed by atoms with Gasteiger partial charge in [-0.25, -0.2) is 0 Å². The summed E-state index contributed by atoms with van der Waals surface area (Å²) in [6.45, 7) is 11.9. The lowest BCUT2D eigenvalue weighted by atomic mass is 9.99. The van der Waals surface area contributed by atoms with Crippen LogP contribution in [0.3, 0.4) is 0 Å². The number of likely N-dealkylation sites (tertiary alicyclic amines) is 1. The van der Waals surface area contributed by atoms with E-state index in [1.807, 2.05) is 0 Å². The predicted molar refractivity (Wildman–Crippen MR) is 74.5 cm³/mol. The SMILES string of the molecule is CCNCc1cc(CN2CCC(C)CC2)oc1C. The smallest absolute Gasteiger partial charge is 0.118 e. The summed E-state index contributed by atoms with van der Waals surface area (Å²) in [5, 5.41) is 3.35. The molecule has 0 aromatic carbocycles. The summed E-state index contributed by atoms with van der Waals surface area (Å²) in [6.07, 6.45) is 2.65. The van der Waals surface area contributed by atoms with E-state index in [0.29, 0.717) is 0 Å². The maximum Gasteiger partial charge on any atom is 0.118 e. The number of hydrogen-bond donors (Lipinski definition) is 1. The highest BCUT2D eigenvalue weighted by molar-refractivity contribution is 5.20. The average molecular weight is 250 g/mol. The molecule has 0 unspecified atom stereocenters. The van der Waals surface area contributed by atoms with E-state index in [1.165, 1.54) is 31.5 Å². The molecule has 18 heavy (non-hydrogen) atoms. The van der Waals surface area contributed by atoms with Crippen LogP contribution in [0.5, 0.6) is 0 Å². The van der Waals surface area contributed by atoms with Gasteiger partial charge in [-0.2, -0.15) is 0 Å². The van der Waals surface area contributed by atoms with Crippen LogP contribution in [0.2, 0.25) is 0 Å². The lowest BCUT2D eigenvalue weighted by Crippen LogP contribution is -2.32. The molecule has 0 bridgehead atoms. The predicted octanol–water partition coefficient (Wildman–Crippen LogP) is 2.93. The van der Waals surface area contributed by atoms with Crippen molar-refractivity contribution in [1.29, 1.82) is 0 Å². The van der Waals surface area contributed by atoms with Crippen molar-refractivity contribution in [2.45, 2.75) is 46.7 Å². The normalized spacial score (nSPS) is 18.4. The summed E-state index contributed by atoms with van der Waals surface area (Å²) < 4.78 is 5.86. The summed E-state index contributed by atoms with van der Waals surface area (Å²) in [6, 6.07) is 2.22. The van der Waals surface area contributed by atoms with Gasteiger partial charge in [0.15, 0.2) is 0 Å². The quantitative estimate of drug-likeness (QED) is 0.871. The Bertz CT molecular complexity index is 365. The van der Waals surface area contributed by atoms with Gasteiger partial charge in [0.05, 0.1) is 6.54 Å². The van der Waals surface area contributed by atoms with Crippen molar-refractivity contribution in [2.24, 2.45) is 5.92 Å². The molecule has 0 spiro atoms. The average Bonchev–Trinajstić information content (AvgIpc) is 2.70. The van der Waals surface area contributed by atoms with E-state index >= 15 is 0 Å². The summed E-state index contributed by atoms with van der Waals surface area (Å²) in [5.41, 5.74) is 1.30. The number of hydrogen-bond acceptors (Lipinski definition) is 3. The van der Waals surface area contributed by atoms with Gasteiger partial charge in [0.25, 0.3) is 0 Å². The van der Waals surface area contributed by atoms with Gasteiger partial charge in [-0.15, -0.1) is 0 Å². The van der Waals surface area contributed by atoms with Crippen molar-refractivity contribution in [2.75, 3.05) is 19.6 Å². The highest BCUT2D eigenvalue weighted by Gasteiger charge is 2.17. The van der Waals surface area contributed by atoms with Gasteiger partial charge in [0.2, 0.25) is 0 Å². The molecular weight excluding hydrogens is 224 g/mol. The lowest BCUT2D eigenvalue weighted by molar-refractivity contribution is 0.173. The van der Waals surface area contributed by atoms with Crippen molar-refractivity contribution in [1.82, 2.24) is 10.2 Å². The van der Waals surface area contributed by atoms with Gasteiger partial charge in [0.1, 0.15) is 11.5 Å². The fourth-order valence-electron chi connectivity index (χ4n) is 2.54. The van der Waals surface area contributed by atoms with Crippen molar-refractivity contribution in [3.05, 3.63) is 23.2 Å². The summed E-state index contributed by atoms with van der Waals surface area (Å²) in [5.74, 6) is 3.08. The van der Waals surface area contributed by atoms with E-state index in [2.05, 4.69) is 37.1 Å². The van der Waals surface area contributed by atoms with E-state index in [0.717, 1.165) is 37.1 Å². The van der Waals surface area contributed by atoms with Gasteiger partial charge in [-0.1, -0.05) is 13.8 Å². The molecule has 0 saturated carbocycles. The highest BCUT2D eigenvalue weighted by atomic mass is 16.3. The first-order valence-corrected chi connectivity index (χ1v) is 7.20. The van der Waals surface area contributed by atoms with Gasteiger partial charge in [-0.05, 0) is 51.4 Å². The fourth-order valence-corrected chi connectivity index (χ4v) is 2.54. The van der Waals surface area contributed by atoms with Crippen LogP contribution in [-0.4, -0.2) is 24.5 Å². The first-order valence-electron chi connectivity index (χ1n) is 7.20. The molecule has 1 fully saturated rings. The number of nitrogens with one attached hydrogen (secondary N) is 1. The van der Waals surface area contributed by atoms with Crippen molar-refractivity contribution in [3.8, 4) is 0 Å². The number of aryl methyl sites for hydroxylation is 1. The molecular formula is C15H26N2O. The Morgan fingerprint density at radius 2 is 2.11 bits per heavy atom. The largest absolute Gasteiger partial charge is 0.465 e. The van der Waals surface area contributed by atoms with E-state index in [1.54, 1.807) is 0 Å². The molecule has 0 amide bonds. The van der Waals surface area contributed by atoms with Crippen molar-refractivity contribution in [3.63, 3.8) is 0 Å². The lowest BCUT2D eigenvalue weighted by Gasteiger charge is -2.29. The molecule has 1 N–H and O–H groups in total. The molecule has 2 heterocycles. The van der Waals surface area contributed by atoms with Gasteiger partial charge in [0, 0.05) is 12.1 Å². The van der Waals surface area contributed by atoms with E-state index < -0.39 is 0 Å². The number of furan rings is 1. The maximum atomic E-state index is 5.86. The zero-order valence-corrected chi connectivity index (χ0v) is 12.0. The molecule has 102 valence electrons. The molecule has 3 heteroatoms. The second kappa shape index (κ2) is 6.39. The minimum absolute atomic E-state index is 0.893. The Morgan fingerprint density at radius 3 is 2.78 bits per heavy atom. The molecule has 3 nitrogen and oxygen atoms in total. The zero-order chi connectivity index (χ0) is 13.0. The molecule has 0 aliphatic carbocycles. The Kier molecular flexibility index (Phi) is 4.84. The Hall–Kier alpha value is -0.800. The van der Waals surface area contributed by atoms with Gasteiger partial charge in [-0.3, -0.25) is 4.90 Å². The van der Waals surface area contributed by atoms with Crippen LogP contribution in [0.1, 0.15) is 43.8 Å². The topological polar surface area (TPSA) is 28.4 Å². The molecule has 0 atom stereocenters. The number of rotatable bonds is 5. The Balaban J connectivity index is 1.89. The van der Waals surface area contributed by atoms with Crippen LogP contribution < -0.4 is 5.32 Å². The van der Waals surface area contributed by atoms with Gasteiger partial charge >= 0.3 is 0 Å². The minimum atomic E-state index is 0.893. The van der Waals surface area contributed by atoms with E-state index in [4.69, 9.17) is 4.42 Å². The molecule has 1 aromatic rings. The third kappa shape index (κ3) is 3.59. The van der Waals surface area contributed by atoms with Crippen molar-refractivity contribution < 1.29 is 4.42 Å². The zero-order valence-electron chi connectivity index (χ0n) is 12.0. The highest BCUT2D eigenvalue weighted by Crippen LogP contribution is 2.20. The standard InChI is InChI=1S/C15H26N2O/c1-4-16-10-14-9-15(18-13(14)3)11-17-7-5-12(2)6-8-17/h9,12,16H,4-8,10-11H2,1-3H3. The molecule has 1 aliphatic heterocycles. The first-order chi connectivity index (χ1) is 8.69. The molecule has 1 aliphatic rings. The first kappa shape index (κ1) is 13.6. The molecule has 1 aromatic heterocycles. The number of piperidine rings is 1. The van der Waals surface area contributed by atoms with Crippen LogP contribution in [0.4, 0.5) is 0 Å². The second-order valence-corrected chi connectivity index (χ2v) is 5.53. The van der Waals surface area contributed by atoms with Crippen LogP contribution in [0.25, 0.3) is 0 Å². The second-order valence-electron chi connectivity index (χ2n) is 5.53. The van der Waals surface area contributed by atoms with Crippen LogP contribution >= 0.6 is 0 Å². The van der Waals surface area contributed by atoms with Gasteiger partial charge < -0.3 is 9.73 Å². The third-order valence-electron chi connectivity index (χ3n) is 3.89. The monoisotopic (exact) mass is 250 g/mol. The molecule has 0 radical (unpaired) electrons. The summed E-state index contributed by atoms with van der Waals surface area (Å²) in [7, 11) is 0. The molecule has 2 rings (SSSR count). The third-order valence-corrected chi connectivity index (χ3v) is 3.89. The summed E-state index contributed by atoms with van der Waals surface area (Å²) >= 11 is 0. The van der Waals surface area contributed by atoms with Crippen LogP contribution in [-0.2, 0) is 13.1 Å². The van der Waals surface area contributed by atoms with E-state index in [-0.39, 0.29) is 0 Å². The van der Waals surface area contributed by atoms with Crippen molar-refractivity contribution >= 4 is 0 Å². The van der Waals surface area contributed by atoms with E-state index in [9.17, 15) is 0 Å². The molecule has 1 saturated heterocycles. The number of nitrogens with zero attached hydrogens (tertiary/aromatic N) is 1. The fraction of sp³-hybridized carbons (Fsp3) is 0.733.